The molecule has 3 rings (SSSR count). The molecule has 1 saturated heterocycles. The summed E-state index contributed by atoms with van der Waals surface area (Å²) in [5, 5.41) is 0. The Morgan fingerprint density at radius 1 is 1.17 bits per heavy atom. The van der Waals surface area contributed by atoms with Gasteiger partial charge in [0.1, 0.15) is 23.9 Å². The van der Waals surface area contributed by atoms with E-state index in [2.05, 4.69) is 0 Å². The molecule has 3 N–H and O–H groups in total. The molecule has 1 aliphatic heterocycles. The molecule has 0 spiro atoms. The Balaban J connectivity index is 1.99. The molecular weight excluding hydrogens is 382 g/mol. The standard InChI is InChI=1S/C20H22F2N4O3/c1-26(17-4-2-3-16(21)12-17,20(28)25-7-9-29-10-8-25)13-15-6-5-14(11-18(15)22)19(27)24-23/h2-6,11-12H,7-10,13,23H2,1H3/p+1. The van der Waals surface area contributed by atoms with E-state index in [0.717, 1.165) is 6.07 Å². The van der Waals surface area contributed by atoms with Crippen molar-refractivity contribution < 1.29 is 23.1 Å². The number of quaternary nitrogens is 1. The summed E-state index contributed by atoms with van der Waals surface area (Å²) in [4.78, 5) is 26.6. The minimum absolute atomic E-state index is 0.0595. The number of nitrogens with zero attached hydrogens (tertiary/aromatic N) is 2. The molecule has 29 heavy (non-hydrogen) atoms. The SMILES string of the molecule is C[N+](Cc1ccc(C(=O)NN)cc1F)(C(=O)N1CCOCC1)c1cccc(F)c1. The van der Waals surface area contributed by atoms with Crippen LogP contribution in [0.15, 0.2) is 42.5 Å². The van der Waals surface area contributed by atoms with Gasteiger partial charge in [0.15, 0.2) is 0 Å². The van der Waals surface area contributed by atoms with Crippen molar-refractivity contribution in [3.63, 3.8) is 0 Å². The van der Waals surface area contributed by atoms with Crippen LogP contribution in [0.25, 0.3) is 0 Å². The number of benzene rings is 2. The Morgan fingerprint density at radius 3 is 2.52 bits per heavy atom. The van der Waals surface area contributed by atoms with E-state index in [1.165, 1.54) is 30.3 Å². The monoisotopic (exact) mass is 405 g/mol. The quantitative estimate of drug-likeness (QED) is 0.353. The average Bonchev–Trinajstić information content (AvgIpc) is 2.74. The Morgan fingerprint density at radius 2 is 1.90 bits per heavy atom. The second kappa shape index (κ2) is 8.64. The van der Waals surface area contributed by atoms with Gasteiger partial charge in [0, 0.05) is 30.3 Å². The van der Waals surface area contributed by atoms with Gasteiger partial charge >= 0.3 is 6.03 Å². The van der Waals surface area contributed by atoms with Crippen LogP contribution in [0.4, 0.5) is 19.3 Å². The zero-order valence-corrected chi connectivity index (χ0v) is 16.0. The van der Waals surface area contributed by atoms with Gasteiger partial charge in [0.05, 0.1) is 20.3 Å². The third kappa shape index (κ3) is 4.42. The number of morpholine rings is 1. The summed E-state index contributed by atoms with van der Waals surface area (Å²) < 4.78 is 33.6. The van der Waals surface area contributed by atoms with Gasteiger partial charge in [-0.05, 0) is 30.3 Å². The first-order chi connectivity index (χ1) is 13.8. The number of hydrogen-bond acceptors (Lipinski definition) is 4. The highest BCUT2D eigenvalue weighted by atomic mass is 19.1. The number of hydrazine groups is 1. The fraction of sp³-hybridized carbons (Fsp3) is 0.300. The summed E-state index contributed by atoms with van der Waals surface area (Å²) in [6.45, 7) is 1.56. The minimum Gasteiger partial charge on any atom is -0.378 e. The summed E-state index contributed by atoms with van der Waals surface area (Å²) in [5.41, 5.74) is 2.62. The van der Waals surface area contributed by atoms with Gasteiger partial charge in [0.2, 0.25) is 0 Å². The normalized spacial score (nSPS) is 16.2. The number of halogens is 2. The summed E-state index contributed by atoms with van der Waals surface area (Å²) >= 11 is 0. The van der Waals surface area contributed by atoms with Gasteiger partial charge in [-0.15, -0.1) is 0 Å². The molecule has 2 aromatic carbocycles. The van der Waals surface area contributed by atoms with Crippen LogP contribution in [0.2, 0.25) is 0 Å². The Labute approximate surface area is 167 Å². The van der Waals surface area contributed by atoms with Crippen LogP contribution in [0.5, 0.6) is 0 Å². The lowest BCUT2D eigenvalue weighted by atomic mass is 10.1. The largest absolute Gasteiger partial charge is 0.424 e. The topological polar surface area (TPSA) is 84.7 Å². The van der Waals surface area contributed by atoms with Gasteiger partial charge in [-0.2, -0.15) is 0 Å². The molecule has 1 fully saturated rings. The maximum Gasteiger partial charge on any atom is 0.424 e. The van der Waals surface area contributed by atoms with Crippen LogP contribution in [-0.4, -0.2) is 50.2 Å². The van der Waals surface area contributed by atoms with Gasteiger partial charge in [-0.3, -0.25) is 15.1 Å². The first-order valence-electron chi connectivity index (χ1n) is 9.13. The van der Waals surface area contributed by atoms with E-state index in [-0.39, 0.29) is 28.2 Å². The van der Waals surface area contributed by atoms with E-state index >= 15 is 0 Å². The molecule has 0 radical (unpaired) electrons. The number of urea groups is 1. The van der Waals surface area contributed by atoms with E-state index in [0.29, 0.717) is 32.0 Å². The minimum atomic E-state index is -0.651. The third-order valence-electron chi connectivity index (χ3n) is 5.01. The highest BCUT2D eigenvalue weighted by molar-refractivity contribution is 5.93. The smallest absolute Gasteiger partial charge is 0.378 e. The average molecular weight is 405 g/mol. The summed E-state index contributed by atoms with van der Waals surface area (Å²) in [6.07, 6.45) is 0. The van der Waals surface area contributed by atoms with E-state index in [9.17, 15) is 18.4 Å². The molecule has 154 valence electrons. The molecule has 0 aliphatic carbocycles. The zero-order valence-electron chi connectivity index (χ0n) is 16.0. The lowest BCUT2D eigenvalue weighted by molar-refractivity contribution is 0.0451. The summed E-state index contributed by atoms with van der Waals surface area (Å²) in [5.74, 6) is 3.32. The number of ether oxygens (including phenoxy) is 1. The van der Waals surface area contributed by atoms with E-state index in [4.69, 9.17) is 10.6 Å². The number of nitrogens with two attached hydrogens (primary N) is 1. The summed E-state index contributed by atoms with van der Waals surface area (Å²) in [7, 11) is 1.62. The van der Waals surface area contributed by atoms with Gasteiger partial charge in [0.25, 0.3) is 5.91 Å². The molecule has 7 nitrogen and oxygen atoms in total. The second-order valence-electron chi connectivity index (χ2n) is 6.99. The van der Waals surface area contributed by atoms with Crippen molar-refractivity contribution in [1.82, 2.24) is 14.8 Å². The molecular formula is C20H23F2N4O3+. The van der Waals surface area contributed by atoms with Crippen LogP contribution in [0.3, 0.4) is 0 Å². The van der Waals surface area contributed by atoms with Crippen molar-refractivity contribution in [3.8, 4) is 0 Å². The highest BCUT2D eigenvalue weighted by Crippen LogP contribution is 2.28. The molecule has 1 heterocycles. The second-order valence-corrected chi connectivity index (χ2v) is 6.99. The molecule has 1 unspecified atom stereocenters. The molecule has 3 amide bonds. The van der Waals surface area contributed by atoms with Gasteiger partial charge < -0.3 is 4.74 Å². The number of amides is 3. The predicted octanol–water partition coefficient (Wildman–Crippen LogP) is 2.16. The number of nitrogen functional groups attached to an aromatic ring is 1. The van der Waals surface area contributed by atoms with Crippen molar-refractivity contribution >= 4 is 17.6 Å². The lowest BCUT2D eigenvalue weighted by Gasteiger charge is -2.37. The zero-order chi connectivity index (χ0) is 21.0. The Kier molecular flexibility index (Phi) is 6.21. The van der Waals surface area contributed by atoms with Crippen molar-refractivity contribution in [2.24, 2.45) is 5.84 Å². The Hall–Kier alpha value is -2.88. The number of carbonyl (C=O) groups is 2. The molecule has 1 atom stereocenters. The van der Waals surface area contributed by atoms with Crippen molar-refractivity contribution in [3.05, 3.63) is 65.2 Å². The molecule has 9 heteroatoms. The van der Waals surface area contributed by atoms with Crippen LogP contribution < -0.4 is 15.8 Å². The molecule has 1 aliphatic rings. The fourth-order valence-electron chi connectivity index (χ4n) is 3.36. The number of nitrogens with one attached hydrogen (secondary N) is 1. The maximum atomic E-state index is 14.7. The van der Waals surface area contributed by atoms with Gasteiger partial charge in [-0.1, -0.05) is 6.07 Å². The van der Waals surface area contributed by atoms with E-state index in [1.807, 2.05) is 5.43 Å². The van der Waals surface area contributed by atoms with Gasteiger partial charge in [-0.25, -0.2) is 23.9 Å². The van der Waals surface area contributed by atoms with Crippen LogP contribution >= 0.6 is 0 Å². The van der Waals surface area contributed by atoms with Crippen molar-refractivity contribution in [1.29, 1.82) is 0 Å². The Bertz CT molecular complexity index is 918. The van der Waals surface area contributed by atoms with Crippen LogP contribution in [-0.2, 0) is 11.3 Å². The molecule has 0 aromatic heterocycles. The first-order valence-corrected chi connectivity index (χ1v) is 9.13. The molecule has 0 bridgehead atoms. The van der Waals surface area contributed by atoms with Crippen molar-refractivity contribution in [2.45, 2.75) is 6.54 Å². The molecule has 2 aromatic rings. The highest BCUT2D eigenvalue weighted by Gasteiger charge is 2.40. The third-order valence-corrected chi connectivity index (χ3v) is 5.01. The number of hydrogen-bond donors (Lipinski definition) is 2. The maximum absolute atomic E-state index is 14.7. The summed E-state index contributed by atoms with van der Waals surface area (Å²) in [6, 6.07) is 9.33. The fourth-order valence-corrected chi connectivity index (χ4v) is 3.36. The van der Waals surface area contributed by atoms with Crippen LogP contribution in [0, 0.1) is 11.6 Å². The van der Waals surface area contributed by atoms with E-state index in [1.54, 1.807) is 18.0 Å². The predicted molar refractivity (Wildman–Crippen MR) is 104 cm³/mol. The van der Waals surface area contributed by atoms with E-state index < -0.39 is 17.5 Å². The van der Waals surface area contributed by atoms with Crippen molar-refractivity contribution in [2.75, 3.05) is 33.4 Å². The molecule has 0 saturated carbocycles. The number of rotatable bonds is 4. The number of carbonyl (C=O) groups excluding carboxylic acids is 2. The van der Waals surface area contributed by atoms with Crippen LogP contribution in [0.1, 0.15) is 15.9 Å². The lowest BCUT2D eigenvalue weighted by Crippen LogP contribution is -2.58. The first kappa shape index (κ1) is 20.8.